The molecule has 0 aliphatic carbocycles. The molecule has 6 heteroatoms. The van der Waals surface area contributed by atoms with E-state index in [1.165, 1.54) is 13.3 Å². The molecule has 0 fully saturated rings. The zero-order chi connectivity index (χ0) is 17.7. The molecule has 0 spiro atoms. The number of rotatable bonds is 3. The van der Waals surface area contributed by atoms with Crippen molar-refractivity contribution in [2.75, 3.05) is 12.4 Å². The molecule has 0 unspecified atom stereocenters. The Morgan fingerprint density at radius 1 is 1.04 bits per heavy atom. The van der Waals surface area contributed by atoms with E-state index in [2.05, 4.69) is 15.0 Å². The summed E-state index contributed by atoms with van der Waals surface area (Å²) in [5, 5.41) is 2.66. The molecule has 0 atom stereocenters. The molecule has 1 amide bonds. The van der Waals surface area contributed by atoms with Crippen molar-refractivity contribution in [3.63, 3.8) is 0 Å². The van der Waals surface area contributed by atoms with Gasteiger partial charge in [-0.1, -0.05) is 12.1 Å². The molecule has 1 aromatic carbocycles. The van der Waals surface area contributed by atoms with Gasteiger partial charge >= 0.3 is 12.1 Å². The quantitative estimate of drug-likeness (QED) is 0.865. The van der Waals surface area contributed by atoms with Crippen LogP contribution in [0.4, 0.5) is 10.5 Å². The van der Waals surface area contributed by atoms with Crippen LogP contribution in [0.5, 0.6) is 0 Å². The van der Waals surface area contributed by atoms with Crippen LogP contribution >= 0.6 is 0 Å². The van der Waals surface area contributed by atoms with Crippen LogP contribution in [0, 0.1) is 0 Å². The first-order valence-electron chi connectivity index (χ1n) is 7.42. The molecule has 2 rings (SSSR count). The van der Waals surface area contributed by atoms with E-state index in [-0.39, 0.29) is 0 Å². The summed E-state index contributed by atoms with van der Waals surface area (Å²) >= 11 is 0. The van der Waals surface area contributed by atoms with Gasteiger partial charge in [-0.3, -0.25) is 10.3 Å². The molecule has 2 aromatic rings. The second-order valence-corrected chi connectivity index (χ2v) is 6.16. The van der Waals surface area contributed by atoms with Gasteiger partial charge in [0.15, 0.2) is 0 Å². The predicted molar refractivity (Wildman–Crippen MR) is 90.9 cm³/mol. The number of aromatic nitrogens is 1. The number of amides is 1. The predicted octanol–water partition coefficient (Wildman–Crippen LogP) is 3.88. The van der Waals surface area contributed by atoms with Crippen molar-refractivity contribution in [1.82, 2.24) is 4.98 Å². The van der Waals surface area contributed by atoms with Crippen molar-refractivity contribution in [2.45, 2.75) is 26.4 Å². The van der Waals surface area contributed by atoms with Gasteiger partial charge in [-0.05, 0) is 44.5 Å². The standard InChI is InChI=1S/C18H20N2O4/c1-18(2,3)24-17(22)20-15-7-5-12(6-8-15)13-9-14(11-19-10-13)16(21)23-4/h5-11H,1-4H3,(H,20,22). The number of ether oxygens (including phenoxy) is 2. The summed E-state index contributed by atoms with van der Waals surface area (Å²) in [5.41, 5.74) is 2.09. The Bertz CT molecular complexity index is 733. The third-order valence-electron chi connectivity index (χ3n) is 3.02. The highest BCUT2D eigenvalue weighted by atomic mass is 16.6. The fourth-order valence-corrected chi connectivity index (χ4v) is 1.99. The maximum Gasteiger partial charge on any atom is 0.412 e. The van der Waals surface area contributed by atoms with Crippen molar-refractivity contribution in [2.24, 2.45) is 0 Å². The molecular formula is C18H20N2O4. The molecule has 24 heavy (non-hydrogen) atoms. The van der Waals surface area contributed by atoms with Crippen LogP contribution in [0.1, 0.15) is 31.1 Å². The van der Waals surface area contributed by atoms with E-state index in [4.69, 9.17) is 4.74 Å². The molecule has 1 heterocycles. The van der Waals surface area contributed by atoms with Crippen molar-refractivity contribution in [3.8, 4) is 11.1 Å². The lowest BCUT2D eigenvalue weighted by Gasteiger charge is -2.19. The van der Waals surface area contributed by atoms with Gasteiger partial charge in [-0.25, -0.2) is 9.59 Å². The maximum absolute atomic E-state index is 11.7. The summed E-state index contributed by atoms with van der Waals surface area (Å²) in [5.74, 6) is -0.437. The van der Waals surface area contributed by atoms with Crippen LogP contribution in [0.2, 0.25) is 0 Å². The minimum atomic E-state index is -0.552. The van der Waals surface area contributed by atoms with Gasteiger partial charge in [0.05, 0.1) is 12.7 Å². The highest BCUT2D eigenvalue weighted by Gasteiger charge is 2.16. The second-order valence-electron chi connectivity index (χ2n) is 6.16. The molecular weight excluding hydrogens is 308 g/mol. The first-order valence-corrected chi connectivity index (χ1v) is 7.42. The lowest BCUT2D eigenvalue weighted by atomic mass is 10.1. The third kappa shape index (κ3) is 4.81. The lowest BCUT2D eigenvalue weighted by Crippen LogP contribution is -2.27. The smallest absolute Gasteiger partial charge is 0.412 e. The lowest BCUT2D eigenvalue weighted by molar-refractivity contribution is 0.0597. The monoisotopic (exact) mass is 328 g/mol. The largest absolute Gasteiger partial charge is 0.465 e. The number of pyridine rings is 1. The van der Waals surface area contributed by atoms with Crippen LogP contribution in [0.25, 0.3) is 11.1 Å². The summed E-state index contributed by atoms with van der Waals surface area (Å²) in [7, 11) is 1.33. The number of benzene rings is 1. The topological polar surface area (TPSA) is 77.5 Å². The Balaban J connectivity index is 2.12. The number of nitrogens with one attached hydrogen (secondary N) is 1. The minimum absolute atomic E-state index is 0.381. The van der Waals surface area contributed by atoms with Crippen molar-refractivity contribution in [3.05, 3.63) is 48.3 Å². The maximum atomic E-state index is 11.7. The molecule has 0 saturated heterocycles. The van der Waals surface area contributed by atoms with E-state index in [9.17, 15) is 9.59 Å². The minimum Gasteiger partial charge on any atom is -0.465 e. The van der Waals surface area contributed by atoms with E-state index < -0.39 is 17.7 Å². The first-order chi connectivity index (χ1) is 11.3. The number of nitrogens with zero attached hydrogens (tertiary/aromatic N) is 1. The number of methoxy groups -OCH3 is 1. The van der Waals surface area contributed by atoms with Gasteiger partial charge < -0.3 is 9.47 Å². The van der Waals surface area contributed by atoms with Crippen molar-refractivity contribution >= 4 is 17.7 Å². The number of anilines is 1. The highest BCUT2D eigenvalue weighted by Crippen LogP contribution is 2.22. The number of carbonyl (C=O) groups excluding carboxylic acids is 2. The SMILES string of the molecule is COC(=O)c1cncc(-c2ccc(NC(=O)OC(C)(C)C)cc2)c1. The molecule has 1 aromatic heterocycles. The summed E-state index contributed by atoms with van der Waals surface area (Å²) < 4.78 is 9.89. The Labute approximate surface area is 140 Å². The van der Waals surface area contributed by atoms with E-state index in [0.29, 0.717) is 11.3 Å². The van der Waals surface area contributed by atoms with Crippen LogP contribution in [-0.4, -0.2) is 29.8 Å². The number of carbonyl (C=O) groups is 2. The Morgan fingerprint density at radius 3 is 2.29 bits per heavy atom. The molecule has 0 saturated carbocycles. The van der Waals surface area contributed by atoms with Gasteiger partial charge in [0.2, 0.25) is 0 Å². The number of esters is 1. The summed E-state index contributed by atoms with van der Waals surface area (Å²) in [6.07, 6.45) is 2.60. The molecule has 0 aliphatic rings. The molecule has 126 valence electrons. The van der Waals surface area contributed by atoms with Gasteiger partial charge in [-0.15, -0.1) is 0 Å². The van der Waals surface area contributed by atoms with Crippen LogP contribution in [0.3, 0.4) is 0 Å². The fraction of sp³-hybridized carbons (Fsp3) is 0.278. The molecule has 0 bridgehead atoms. The summed E-state index contributed by atoms with van der Waals surface area (Å²) in [6.45, 7) is 5.41. The molecule has 1 N–H and O–H groups in total. The van der Waals surface area contributed by atoms with Crippen LogP contribution < -0.4 is 5.32 Å². The van der Waals surface area contributed by atoms with E-state index in [1.807, 2.05) is 12.1 Å². The normalized spacial score (nSPS) is 10.8. The summed E-state index contributed by atoms with van der Waals surface area (Å²) in [4.78, 5) is 27.4. The van der Waals surface area contributed by atoms with E-state index in [0.717, 1.165) is 11.1 Å². The Morgan fingerprint density at radius 2 is 1.71 bits per heavy atom. The third-order valence-corrected chi connectivity index (χ3v) is 3.02. The molecule has 0 radical (unpaired) electrons. The number of hydrogen-bond acceptors (Lipinski definition) is 5. The van der Waals surface area contributed by atoms with Gasteiger partial charge in [0.25, 0.3) is 0 Å². The zero-order valence-electron chi connectivity index (χ0n) is 14.1. The number of hydrogen-bond donors (Lipinski definition) is 1. The Hall–Kier alpha value is -2.89. The van der Waals surface area contributed by atoms with Gasteiger partial charge in [-0.2, -0.15) is 0 Å². The average Bonchev–Trinajstić information content (AvgIpc) is 2.53. The highest BCUT2D eigenvalue weighted by molar-refractivity contribution is 5.90. The van der Waals surface area contributed by atoms with Crippen molar-refractivity contribution in [1.29, 1.82) is 0 Å². The zero-order valence-corrected chi connectivity index (χ0v) is 14.1. The van der Waals surface area contributed by atoms with E-state index >= 15 is 0 Å². The van der Waals surface area contributed by atoms with Crippen LogP contribution in [0.15, 0.2) is 42.7 Å². The van der Waals surface area contributed by atoms with Crippen molar-refractivity contribution < 1.29 is 19.1 Å². The Kier molecular flexibility index (Phi) is 5.18. The van der Waals surface area contributed by atoms with Gasteiger partial charge in [0, 0.05) is 23.6 Å². The summed E-state index contributed by atoms with van der Waals surface area (Å²) in [6, 6.07) is 8.86. The van der Waals surface area contributed by atoms with Crippen LogP contribution in [-0.2, 0) is 9.47 Å². The molecule has 0 aliphatic heterocycles. The van der Waals surface area contributed by atoms with Gasteiger partial charge in [0.1, 0.15) is 5.60 Å². The second kappa shape index (κ2) is 7.12. The van der Waals surface area contributed by atoms with E-state index in [1.54, 1.807) is 45.2 Å². The fourth-order valence-electron chi connectivity index (χ4n) is 1.99. The average molecular weight is 328 g/mol. The first kappa shape index (κ1) is 17.5. The molecule has 6 nitrogen and oxygen atoms in total.